The number of carbonyl (C=O) groups is 2. The molecule has 1 saturated heterocycles. The number of aromatic nitrogens is 3. The van der Waals surface area contributed by atoms with Gasteiger partial charge in [0, 0.05) is 21.0 Å². The first-order valence-electron chi connectivity index (χ1n) is 8.32. The van der Waals surface area contributed by atoms with E-state index in [-0.39, 0.29) is 18.2 Å². The Morgan fingerprint density at radius 3 is 2.71 bits per heavy atom. The van der Waals surface area contributed by atoms with E-state index < -0.39 is 40.8 Å². The summed E-state index contributed by atoms with van der Waals surface area (Å²) in [7, 11) is 1.41. The lowest BCUT2D eigenvalue weighted by atomic mass is 9.94. The van der Waals surface area contributed by atoms with Gasteiger partial charge in [-0.3, -0.25) is 19.0 Å². The van der Waals surface area contributed by atoms with E-state index in [2.05, 4.69) is 9.97 Å². The van der Waals surface area contributed by atoms with Gasteiger partial charge in [0.25, 0.3) is 0 Å². The van der Waals surface area contributed by atoms with Crippen LogP contribution in [0.2, 0.25) is 0 Å². The molecule has 1 fully saturated rings. The van der Waals surface area contributed by atoms with Gasteiger partial charge in [-0.05, 0) is 6.92 Å². The van der Waals surface area contributed by atoms with Crippen LogP contribution >= 0.6 is 11.3 Å². The number of hydrogen-bond acceptors (Lipinski definition) is 11. The number of methoxy groups -OCH3 is 1. The highest BCUT2D eigenvalue weighted by Gasteiger charge is 2.58. The molecule has 1 aliphatic heterocycles. The molecule has 0 amide bonds. The molecule has 152 valence electrons. The van der Waals surface area contributed by atoms with Gasteiger partial charge < -0.3 is 24.7 Å². The predicted molar refractivity (Wildman–Crippen MR) is 97.6 cm³/mol. The third-order valence-corrected chi connectivity index (χ3v) is 5.45. The van der Waals surface area contributed by atoms with E-state index in [9.17, 15) is 14.4 Å². The fourth-order valence-electron chi connectivity index (χ4n) is 3.11. The lowest BCUT2D eigenvalue weighted by molar-refractivity contribution is -0.167. The Hall–Kier alpha value is -2.57. The van der Waals surface area contributed by atoms with E-state index in [0.29, 0.717) is 4.70 Å². The third kappa shape index (κ3) is 3.45. The summed E-state index contributed by atoms with van der Waals surface area (Å²) >= 11 is 0.903. The minimum atomic E-state index is -1.20. The van der Waals surface area contributed by atoms with E-state index in [4.69, 9.17) is 24.7 Å². The van der Waals surface area contributed by atoms with Gasteiger partial charge in [-0.2, -0.15) is 4.98 Å². The Morgan fingerprint density at radius 1 is 1.39 bits per heavy atom. The minimum absolute atomic E-state index is 0.0213. The second-order valence-electron chi connectivity index (χ2n) is 6.39. The van der Waals surface area contributed by atoms with Crippen molar-refractivity contribution >= 4 is 39.6 Å². The second-order valence-corrected chi connectivity index (χ2v) is 7.38. The molecule has 1 aliphatic rings. The molecular formula is C16H20N4O7S. The number of thiazole rings is 1. The molecule has 0 aromatic carbocycles. The van der Waals surface area contributed by atoms with Gasteiger partial charge in [0.2, 0.25) is 5.95 Å². The summed E-state index contributed by atoms with van der Waals surface area (Å²) < 4.78 is 23.9. The molecule has 2 aromatic heterocycles. The Balaban J connectivity index is 2.11. The highest BCUT2D eigenvalue weighted by atomic mass is 32.1. The number of carbonyl (C=O) groups excluding carboxylic acids is 2. The molecule has 0 aliphatic carbocycles. The summed E-state index contributed by atoms with van der Waals surface area (Å²) in [4.78, 5) is 43.3. The SMILES string of the molecule is CO[C@]1(C)[C@@H](COC(C)=O)O[C@@H](n2c(=O)sc3cnc(N)nc32)[C@@H]1OC(C)=O. The van der Waals surface area contributed by atoms with Crippen LogP contribution in [-0.2, 0) is 28.5 Å². The van der Waals surface area contributed by atoms with Crippen molar-refractivity contribution in [2.24, 2.45) is 0 Å². The van der Waals surface area contributed by atoms with Crippen LogP contribution in [0.5, 0.6) is 0 Å². The zero-order chi connectivity index (χ0) is 20.6. The highest BCUT2D eigenvalue weighted by molar-refractivity contribution is 7.16. The highest BCUT2D eigenvalue weighted by Crippen LogP contribution is 2.42. The van der Waals surface area contributed by atoms with Crippen molar-refractivity contribution in [3.05, 3.63) is 15.9 Å². The zero-order valence-electron chi connectivity index (χ0n) is 15.7. The van der Waals surface area contributed by atoms with Crippen molar-refractivity contribution < 1.29 is 28.5 Å². The smallest absolute Gasteiger partial charge is 0.311 e. The Bertz CT molecular complexity index is 974. The molecule has 0 saturated carbocycles. The number of anilines is 1. The molecule has 2 N–H and O–H groups in total. The molecule has 0 radical (unpaired) electrons. The lowest BCUT2D eigenvalue weighted by Crippen LogP contribution is -2.50. The third-order valence-electron chi connectivity index (χ3n) is 4.57. The van der Waals surface area contributed by atoms with Gasteiger partial charge in [-0.15, -0.1) is 0 Å². The molecule has 0 unspecified atom stereocenters. The van der Waals surface area contributed by atoms with Crippen molar-refractivity contribution in [2.45, 2.75) is 44.8 Å². The van der Waals surface area contributed by atoms with Crippen molar-refractivity contribution in [1.82, 2.24) is 14.5 Å². The van der Waals surface area contributed by atoms with Crippen LogP contribution in [0, 0.1) is 0 Å². The summed E-state index contributed by atoms with van der Waals surface area (Å²) in [5, 5.41) is 0. The zero-order valence-corrected chi connectivity index (χ0v) is 16.5. The number of esters is 2. The first-order valence-corrected chi connectivity index (χ1v) is 9.13. The van der Waals surface area contributed by atoms with Crippen molar-refractivity contribution in [3.8, 4) is 0 Å². The first-order chi connectivity index (χ1) is 13.2. The number of nitrogens with zero attached hydrogens (tertiary/aromatic N) is 3. The molecule has 0 spiro atoms. The van der Waals surface area contributed by atoms with Crippen LogP contribution in [0.15, 0.2) is 11.0 Å². The van der Waals surface area contributed by atoms with Gasteiger partial charge in [-0.25, -0.2) is 4.98 Å². The number of nitrogens with two attached hydrogens (primary N) is 1. The predicted octanol–water partition coefficient (Wildman–Crippen LogP) is 0.233. The fraction of sp³-hybridized carbons (Fsp3) is 0.562. The summed E-state index contributed by atoms with van der Waals surface area (Å²) in [6.07, 6.45) is -1.45. The fourth-order valence-corrected chi connectivity index (χ4v) is 3.93. The minimum Gasteiger partial charge on any atom is -0.463 e. The maximum atomic E-state index is 12.7. The van der Waals surface area contributed by atoms with Crippen LogP contribution in [0.25, 0.3) is 10.3 Å². The van der Waals surface area contributed by atoms with Crippen LogP contribution in [-0.4, -0.2) is 58.0 Å². The van der Waals surface area contributed by atoms with E-state index >= 15 is 0 Å². The van der Waals surface area contributed by atoms with Gasteiger partial charge in [0.1, 0.15) is 18.3 Å². The molecule has 0 bridgehead atoms. The number of fused-ring (bicyclic) bond motifs is 1. The second kappa shape index (κ2) is 7.45. The topological polar surface area (TPSA) is 145 Å². The summed E-state index contributed by atoms with van der Waals surface area (Å²) in [6, 6.07) is 0. The average molecular weight is 412 g/mol. The van der Waals surface area contributed by atoms with Crippen LogP contribution in [0.4, 0.5) is 5.95 Å². The Kier molecular flexibility index (Phi) is 5.37. The maximum Gasteiger partial charge on any atom is 0.311 e. The molecule has 12 heteroatoms. The number of nitrogen functional groups attached to an aromatic ring is 1. The van der Waals surface area contributed by atoms with E-state index in [1.807, 2.05) is 0 Å². The monoisotopic (exact) mass is 412 g/mol. The molecule has 3 heterocycles. The Morgan fingerprint density at radius 2 is 2.11 bits per heavy atom. The van der Waals surface area contributed by atoms with Gasteiger partial charge in [0.15, 0.2) is 18.0 Å². The van der Waals surface area contributed by atoms with Crippen LogP contribution in [0.1, 0.15) is 27.0 Å². The number of hydrogen-bond donors (Lipinski definition) is 1. The Labute approximate surface area is 163 Å². The summed E-state index contributed by atoms with van der Waals surface area (Å²) in [6.45, 7) is 4.00. The average Bonchev–Trinajstić information content (AvgIpc) is 3.07. The van der Waals surface area contributed by atoms with E-state index in [1.54, 1.807) is 6.92 Å². The van der Waals surface area contributed by atoms with Crippen molar-refractivity contribution in [2.75, 3.05) is 19.5 Å². The summed E-state index contributed by atoms with van der Waals surface area (Å²) in [5.74, 6) is -1.11. The van der Waals surface area contributed by atoms with Gasteiger partial charge in [0.05, 0.1) is 10.9 Å². The van der Waals surface area contributed by atoms with Gasteiger partial charge in [-0.1, -0.05) is 11.3 Å². The molecular weight excluding hydrogens is 392 g/mol. The normalized spacial score (nSPS) is 27.1. The van der Waals surface area contributed by atoms with Crippen LogP contribution < -0.4 is 10.6 Å². The quantitative estimate of drug-likeness (QED) is 0.677. The molecule has 2 aromatic rings. The van der Waals surface area contributed by atoms with Crippen molar-refractivity contribution in [1.29, 1.82) is 0 Å². The van der Waals surface area contributed by atoms with Gasteiger partial charge >= 0.3 is 16.8 Å². The standard InChI is InChI=1S/C16H20N4O7S/c1-7(21)25-6-10-16(3,24-4)11(26-8(2)22)13(27-10)20-12-9(28-15(20)23)5-18-14(17)19-12/h5,10-11,13H,6H2,1-4H3,(H2,17,18,19)/t10-,11+,13-,16-/m1/s1. The molecule has 4 atom stereocenters. The largest absolute Gasteiger partial charge is 0.463 e. The lowest BCUT2D eigenvalue weighted by Gasteiger charge is -2.32. The maximum absolute atomic E-state index is 12.7. The van der Waals surface area contributed by atoms with E-state index in [1.165, 1.54) is 31.7 Å². The molecule has 3 rings (SSSR count). The number of ether oxygens (including phenoxy) is 4. The van der Waals surface area contributed by atoms with Crippen molar-refractivity contribution in [3.63, 3.8) is 0 Å². The first kappa shape index (κ1) is 20.2. The molecule has 28 heavy (non-hydrogen) atoms. The van der Waals surface area contributed by atoms with E-state index in [0.717, 1.165) is 11.3 Å². The summed E-state index contributed by atoms with van der Waals surface area (Å²) in [5.41, 5.74) is 4.71. The number of rotatable bonds is 5. The molecule has 11 nitrogen and oxygen atoms in total. The van der Waals surface area contributed by atoms with Crippen LogP contribution in [0.3, 0.4) is 0 Å².